The molecule has 5 heteroatoms. The van der Waals surface area contributed by atoms with Crippen molar-refractivity contribution in [2.45, 2.75) is 32.2 Å². The Morgan fingerprint density at radius 1 is 1.20 bits per heavy atom. The third-order valence-electron chi connectivity index (χ3n) is 4.35. The predicted molar refractivity (Wildman–Crippen MR) is 104 cm³/mol. The fourth-order valence-electron chi connectivity index (χ4n) is 2.62. The van der Waals surface area contributed by atoms with E-state index in [2.05, 4.69) is 54.8 Å². The van der Waals surface area contributed by atoms with Crippen molar-refractivity contribution in [3.63, 3.8) is 0 Å². The lowest BCUT2D eigenvalue weighted by atomic mass is 9.95. The van der Waals surface area contributed by atoms with Gasteiger partial charge in [0.25, 0.3) is 0 Å². The standard InChI is InChI=1S/C20H28N2O2S/c1-4-15(2)16-7-9-17(10-8-16)20(18-6-5-13-25-18)22-19(23)14-21-11-12-24-3/h5-10,13,15,20-21H,4,11-12,14H2,1-3H3,(H,22,23). The van der Waals surface area contributed by atoms with E-state index in [0.717, 1.165) is 16.9 Å². The van der Waals surface area contributed by atoms with Crippen LogP contribution >= 0.6 is 11.3 Å². The first-order valence-electron chi connectivity index (χ1n) is 8.78. The van der Waals surface area contributed by atoms with E-state index in [9.17, 15) is 4.79 Å². The maximum absolute atomic E-state index is 12.3. The van der Waals surface area contributed by atoms with Gasteiger partial charge in [0, 0.05) is 18.5 Å². The summed E-state index contributed by atoms with van der Waals surface area (Å²) in [5.41, 5.74) is 2.45. The Labute approximate surface area is 154 Å². The molecule has 0 aliphatic rings. The molecule has 1 aromatic heterocycles. The van der Waals surface area contributed by atoms with E-state index in [4.69, 9.17) is 4.74 Å². The van der Waals surface area contributed by atoms with Crippen LogP contribution in [-0.4, -0.2) is 32.7 Å². The summed E-state index contributed by atoms with van der Waals surface area (Å²) in [7, 11) is 1.65. The first-order chi connectivity index (χ1) is 12.2. The molecule has 136 valence electrons. The zero-order valence-corrected chi connectivity index (χ0v) is 16.1. The van der Waals surface area contributed by atoms with E-state index >= 15 is 0 Å². The van der Waals surface area contributed by atoms with Gasteiger partial charge in [0.05, 0.1) is 19.2 Å². The Balaban J connectivity index is 2.07. The zero-order valence-electron chi connectivity index (χ0n) is 15.2. The van der Waals surface area contributed by atoms with E-state index in [1.54, 1.807) is 18.4 Å². The molecule has 2 unspecified atom stereocenters. The zero-order chi connectivity index (χ0) is 18.1. The summed E-state index contributed by atoms with van der Waals surface area (Å²) in [6.45, 7) is 5.98. The summed E-state index contributed by atoms with van der Waals surface area (Å²) in [5, 5.41) is 8.27. The van der Waals surface area contributed by atoms with E-state index in [-0.39, 0.29) is 18.5 Å². The van der Waals surface area contributed by atoms with Crippen molar-refractivity contribution >= 4 is 17.2 Å². The monoisotopic (exact) mass is 360 g/mol. The molecular weight excluding hydrogens is 332 g/mol. The molecule has 25 heavy (non-hydrogen) atoms. The smallest absolute Gasteiger partial charge is 0.234 e. The topological polar surface area (TPSA) is 50.4 Å². The van der Waals surface area contributed by atoms with Gasteiger partial charge in [0.2, 0.25) is 5.91 Å². The Morgan fingerprint density at radius 3 is 2.52 bits per heavy atom. The van der Waals surface area contributed by atoms with Crippen LogP contribution in [-0.2, 0) is 9.53 Å². The molecule has 1 amide bonds. The molecule has 0 fully saturated rings. The summed E-state index contributed by atoms with van der Waals surface area (Å²) in [6, 6.07) is 12.6. The average Bonchev–Trinajstić information content (AvgIpc) is 3.17. The van der Waals surface area contributed by atoms with Gasteiger partial charge >= 0.3 is 0 Å². The lowest BCUT2D eigenvalue weighted by Gasteiger charge is -2.19. The summed E-state index contributed by atoms with van der Waals surface area (Å²) >= 11 is 1.66. The molecule has 0 aliphatic heterocycles. The van der Waals surface area contributed by atoms with Crippen LogP contribution in [0.2, 0.25) is 0 Å². The number of amides is 1. The highest BCUT2D eigenvalue weighted by Gasteiger charge is 2.18. The molecule has 0 aliphatic carbocycles. The van der Waals surface area contributed by atoms with Crippen LogP contribution in [0.1, 0.15) is 48.2 Å². The van der Waals surface area contributed by atoms with Crippen LogP contribution in [0.25, 0.3) is 0 Å². The van der Waals surface area contributed by atoms with Gasteiger partial charge in [-0.05, 0) is 34.9 Å². The third-order valence-corrected chi connectivity index (χ3v) is 5.29. The van der Waals surface area contributed by atoms with Gasteiger partial charge < -0.3 is 15.4 Å². The number of benzene rings is 1. The molecule has 0 saturated heterocycles. The van der Waals surface area contributed by atoms with Crippen molar-refractivity contribution in [3.05, 3.63) is 57.8 Å². The van der Waals surface area contributed by atoms with Gasteiger partial charge in [0.1, 0.15) is 0 Å². The molecule has 2 rings (SSSR count). The largest absolute Gasteiger partial charge is 0.383 e. The number of thiophene rings is 1. The highest BCUT2D eigenvalue weighted by Crippen LogP contribution is 2.28. The quantitative estimate of drug-likeness (QED) is 0.635. The van der Waals surface area contributed by atoms with Gasteiger partial charge in [-0.25, -0.2) is 0 Å². The maximum Gasteiger partial charge on any atom is 0.234 e. The van der Waals surface area contributed by atoms with E-state index in [1.807, 2.05) is 11.4 Å². The molecule has 0 radical (unpaired) electrons. The second-order valence-corrected chi connectivity index (χ2v) is 7.14. The number of hydrogen-bond acceptors (Lipinski definition) is 4. The molecule has 2 aromatic rings. The maximum atomic E-state index is 12.3. The van der Waals surface area contributed by atoms with Crippen molar-refractivity contribution in [1.82, 2.24) is 10.6 Å². The van der Waals surface area contributed by atoms with Crippen molar-refractivity contribution in [1.29, 1.82) is 0 Å². The van der Waals surface area contributed by atoms with Crippen molar-refractivity contribution < 1.29 is 9.53 Å². The molecule has 4 nitrogen and oxygen atoms in total. The van der Waals surface area contributed by atoms with Crippen molar-refractivity contribution in [2.24, 2.45) is 0 Å². The Hall–Kier alpha value is -1.69. The Kier molecular flexibility index (Phi) is 8.12. The molecule has 0 saturated carbocycles. The number of nitrogens with one attached hydrogen (secondary N) is 2. The fraction of sp³-hybridized carbons (Fsp3) is 0.450. The Bertz CT molecular complexity index is 626. The number of methoxy groups -OCH3 is 1. The molecule has 1 heterocycles. The molecule has 2 atom stereocenters. The third kappa shape index (κ3) is 5.96. The summed E-state index contributed by atoms with van der Waals surface area (Å²) in [6.07, 6.45) is 1.12. The summed E-state index contributed by atoms with van der Waals surface area (Å²) < 4.78 is 4.98. The number of ether oxygens (including phenoxy) is 1. The van der Waals surface area contributed by atoms with Crippen LogP contribution in [0.15, 0.2) is 41.8 Å². The average molecular weight is 361 g/mol. The summed E-state index contributed by atoms with van der Waals surface area (Å²) in [5.74, 6) is 0.536. The van der Waals surface area contributed by atoms with Crippen LogP contribution < -0.4 is 10.6 Å². The van der Waals surface area contributed by atoms with Gasteiger partial charge in [-0.2, -0.15) is 0 Å². The molecule has 1 aromatic carbocycles. The minimum atomic E-state index is -0.109. The van der Waals surface area contributed by atoms with E-state index in [1.165, 1.54) is 5.56 Å². The van der Waals surface area contributed by atoms with Crippen LogP contribution in [0.3, 0.4) is 0 Å². The predicted octanol–water partition coefficient (Wildman–Crippen LogP) is 3.70. The number of rotatable bonds is 10. The van der Waals surface area contributed by atoms with Crippen molar-refractivity contribution in [3.8, 4) is 0 Å². The minimum Gasteiger partial charge on any atom is -0.383 e. The van der Waals surface area contributed by atoms with Gasteiger partial charge in [-0.3, -0.25) is 4.79 Å². The lowest BCUT2D eigenvalue weighted by molar-refractivity contribution is -0.120. The fourth-order valence-corrected chi connectivity index (χ4v) is 3.42. The van der Waals surface area contributed by atoms with Crippen LogP contribution in [0.4, 0.5) is 0 Å². The highest BCUT2D eigenvalue weighted by molar-refractivity contribution is 7.10. The second-order valence-electron chi connectivity index (χ2n) is 6.16. The SMILES string of the molecule is CCC(C)c1ccc(C(NC(=O)CNCCOC)c2cccs2)cc1. The number of carbonyl (C=O) groups is 1. The van der Waals surface area contributed by atoms with Crippen molar-refractivity contribution in [2.75, 3.05) is 26.8 Å². The van der Waals surface area contributed by atoms with Gasteiger partial charge in [-0.1, -0.05) is 44.2 Å². The molecule has 2 N–H and O–H groups in total. The Morgan fingerprint density at radius 2 is 1.92 bits per heavy atom. The van der Waals surface area contributed by atoms with Crippen LogP contribution in [0.5, 0.6) is 0 Å². The lowest BCUT2D eigenvalue weighted by Crippen LogP contribution is -2.37. The van der Waals surface area contributed by atoms with Gasteiger partial charge in [-0.15, -0.1) is 11.3 Å². The number of hydrogen-bond donors (Lipinski definition) is 2. The molecular formula is C20H28N2O2S. The van der Waals surface area contributed by atoms with E-state index < -0.39 is 0 Å². The normalized spacial score (nSPS) is 13.4. The van der Waals surface area contributed by atoms with E-state index in [0.29, 0.717) is 19.1 Å². The van der Waals surface area contributed by atoms with Crippen LogP contribution in [0, 0.1) is 0 Å². The minimum absolute atomic E-state index is 0.0134. The first kappa shape index (κ1) is 19.6. The number of carbonyl (C=O) groups excluding carboxylic acids is 1. The first-order valence-corrected chi connectivity index (χ1v) is 9.66. The molecule has 0 spiro atoms. The molecule has 0 bridgehead atoms. The van der Waals surface area contributed by atoms with Gasteiger partial charge in [0.15, 0.2) is 0 Å². The summed E-state index contributed by atoms with van der Waals surface area (Å²) in [4.78, 5) is 13.4. The second kappa shape index (κ2) is 10.3. The highest BCUT2D eigenvalue weighted by atomic mass is 32.1.